The van der Waals surface area contributed by atoms with Crippen molar-refractivity contribution in [3.8, 4) is 0 Å². The molecule has 0 radical (unpaired) electrons. The minimum Gasteiger partial charge on any atom is -0.368 e. The highest BCUT2D eigenvalue weighted by atomic mass is 16.2. The van der Waals surface area contributed by atoms with Crippen LogP contribution in [-0.2, 0) is 9.59 Å². The van der Waals surface area contributed by atoms with Crippen molar-refractivity contribution in [2.24, 2.45) is 5.73 Å². The predicted molar refractivity (Wildman–Crippen MR) is 69.9 cm³/mol. The van der Waals surface area contributed by atoms with Crippen molar-refractivity contribution in [2.75, 3.05) is 32.7 Å². The zero-order chi connectivity index (χ0) is 13.7. The Morgan fingerprint density at radius 3 is 2.28 bits per heavy atom. The second-order valence-electron chi connectivity index (χ2n) is 4.99. The van der Waals surface area contributed by atoms with Crippen molar-refractivity contribution >= 4 is 11.8 Å². The minimum absolute atomic E-state index is 0.00701. The maximum atomic E-state index is 12.4. The molecule has 1 heterocycles. The number of hydrogen-bond donors (Lipinski definition) is 2. The number of primary amides is 1. The molecule has 6 nitrogen and oxygen atoms in total. The normalized spacial score (nSPS) is 18.7. The number of piperazine rings is 1. The first kappa shape index (κ1) is 14.9. The van der Waals surface area contributed by atoms with Crippen molar-refractivity contribution in [3.05, 3.63) is 0 Å². The maximum Gasteiger partial charge on any atom is 0.240 e. The van der Waals surface area contributed by atoms with Gasteiger partial charge in [0.2, 0.25) is 11.8 Å². The number of hydrogen-bond acceptors (Lipinski definition) is 4. The van der Waals surface area contributed by atoms with Gasteiger partial charge in [-0.25, -0.2) is 0 Å². The topological polar surface area (TPSA) is 78.7 Å². The second-order valence-corrected chi connectivity index (χ2v) is 4.99. The number of nitrogens with one attached hydrogen (secondary N) is 1. The van der Waals surface area contributed by atoms with Gasteiger partial charge in [0.05, 0.1) is 12.6 Å². The summed E-state index contributed by atoms with van der Waals surface area (Å²) in [5.74, 6) is -0.490. The quantitative estimate of drug-likeness (QED) is 0.661. The van der Waals surface area contributed by atoms with Crippen LogP contribution in [0.1, 0.15) is 20.8 Å². The molecule has 0 aliphatic carbocycles. The fraction of sp³-hybridized carbons (Fsp3) is 0.833. The van der Waals surface area contributed by atoms with Crippen LogP contribution >= 0.6 is 0 Å². The van der Waals surface area contributed by atoms with Crippen LogP contribution in [0.5, 0.6) is 0 Å². The minimum atomic E-state index is -0.468. The Hall–Kier alpha value is -1.14. The third-order valence-electron chi connectivity index (χ3n) is 3.29. The van der Waals surface area contributed by atoms with Gasteiger partial charge in [0.25, 0.3) is 0 Å². The Labute approximate surface area is 108 Å². The molecule has 18 heavy (non-hydrogen) atoms. The fourth-order valence-electron chi connectivity index (χ4n) is 2.15. The third-order valence-corrected chi connectivity index (χ3v) is 3.29. The Balaban J connectivity index is 2.65. The highest BCUT2D eigenvalue weighted by Crippen LogP contribution is 2.08. The van der Waals surface area contributed by atoms with E-state index in [-0.39, 0.29) is 24.5 Å². The molecule has 0 aromatic rings. The smallest absolute Gasteiger partial charge is 0.240 e. The summed E-state index contributed by atoms with van der Waals surface area (Å²) < 4.78 is 0. The van der Waals surface area contributed by atoms with Crippen molar-refractivity contribution in [2.45, 2.75) is 32.9 Å². The molecular formula is C12H24N4O2. The van der Waals surface area contributed by atoms with Gasteiger partial charge in [0.1, 0.15) is 0 Å². The van der Waals surface area contributed by atoms with E-state index < -0.39 is 5.91 Å². The number of carbonyl (C=O) groups excluding carboxylic acids is 2. The summed E-state index contributed by atoms with van der Waals surface area (Å²) >= 11 is 0. The summed E-state index contributed by atoms with van der Waals surface area (Å²) in [6.07, 6.45) is 0. The standard InChI is InChI=1S/C12H24N4O2/c1-9(2)16(8-11(13)17)12(18)10(3)15-6-4-14-5-7-15/h9-10,14H,4-8H2,1-3H3,(H2,13,17). The van der Waals surface area contributed by atoms with Crippen molar-refractivity contribution in [1.29, 1.82) is 0 Å². The van der Waals surface area contributed by atoms with Crippen molar-refractivity contribution in [1.82, 2.24) is 15.1 Å². The molecule has 1 aliphatic heterocycles. The molecule has 1 unspecified atom stereocenters. The summed E-state index contributed by atoms with van der Waals surface area (Å²) in [5.41, 5.74) is 5.19. The zero-order valence-electron chi connectivity index (χ0n) is 11.5. The van der Waals surface area contributed by atoms with Crippen LogP contribution in [0.15, 0.2) is 0 Å². The van der Waals surface area contributed by atoms with Gasteiger partial charge >= 0.3 is 0 Å². The SMILES string of the molecule is CC(C(=O)N(CC(N)=O)C(C)C)N1CCNCC1. The first-order valence-electron chi connectivity index (χ1n) is 6.47. The predicted octanol–water partition coefficient (Wildman–Crippen LogP) is -0.998. The van der Waals surface area contributed by atoms with Gasteiger partial charge in [-0.05, 0) is 20.8 Å². The van der Waals surface area contributed by atoms with E-state index in [4.69, 9.17) is 5.73 Å². The molecule has 0 aromatic heterocycles. The largest absolute Gasteiger partial charge is 0.368 e. The highest BCUT2D eigenvalue weighted by molar-refractivity contribution is 5.86. The maximum absolute atomic E-state index is 12.4. The van der Waals surface area contributed by atoms with E-state index in [1.165, 1.54) is 0 Å². The zero-order valence-corrected chi connectivity index (χ0v) is 11.5. The second kappa shape index (κ2) is 6.70. The molecular weight excluding hydrogens is 232 g/mol. The number of carbonyl (C=O) groups is 2. The third kappa shape index (κ3) is 3.96. The van der Waals surface area contributed by atoms with Gasteiger partial charge in [0.15, 0.2) is 0 Å². The van der Waals surface area contributed by atoms with E-state index in [9.17, 15) is 9.59 Å². The van der Waals surface area contributed by atoms with Crippen molar-refractivity contribution < 1.29 is 9.59 Å². The van der Waals surface area contributed by atoms with Crippen LogP contribution in [0.4, 0.5) is 0 Å². The first-order valence-corrected chi connectivity index (χ1v) is 6.47. The summed E-state index contributed by atoms with van der Waals surface area (Å²) in [7, 11) is 0. The van der Waals surface area contributed by atoms with E-state index in [0.29, 0.717) is 0 Å². The Morgan fingerprint density at radius 2 is 1.83 bits per heavy atom. The molecule has 2 amide bonds. The molecule has 1 rings (SSSR count). The lowest BCUT2D eigenvalue weighted by Crippen LogP contribution is -2.55. The van der Waals surface area contributed by atoms with Crippen molar-refractivity contribution in [3.63, 3.8) is 0 Å². The van der Waals surface area contributed by atoms with Crippen LogP contribution in [0.2, 0.25) is 0 Å². The van der Waals surface area contributed by atoms with Crippen LogP contribution in [0.3, 0.4) is 0 Å². The lowest BCUT2D eigenvalue weighted by Gasteiger charge is -2.36. The Bertz CT molecular complexity index is 300. The summed E-state index contributed by atoms with van der Waals surface area (Å²) in [4.78, 5) is 27.1. The molecule has 1 saturated heterocycles. The lowest BCUT2D eigenvalue weighted by atomic mass is 10.2. The number of nitrogens with zero attached hydrogens (tertiary/aromatic N) is 2. The Morgan fingerprint density at radius 1 is 1.28 bits per heavy atom. The Kier molecular flexibility index (Phi) is 5.55. The molecule has 0 aromatic carbocycles. The average Bonchev–Trinajstić information content (AvgIpc) is 2.34. The van der Waals surface area contributed by atoms with Gasteiger partial charge in [-0.1, -0.05) is 0 Å². The lowest BCUT2D eigenvalue weighted by molar-refractivity contribution is -0.141. The molecule has 1 fully saturated rings. The number of amides is 2. The van der Waals surface area contributed by atoms with E-state index in [2.05, 4.69) is 10.2 Å². The number of rotatable bonds is 5. The fourth-order valence-corrected chi connectivity index (χ4v) is 2.15. The van der Waals surface area contributed by atoms with Gasteiger partial charge in [-0.3, -0.25) is 14.5 Å². The molecule has 104 valence electrons. The van der Waals surface area contributed by atoms with Crippen LogP contribution in [0, 0.1) is 0 Å². The van der Waals surface area contributed by atoms with E-state index in [1.54, 1.807) is 4.90 Å². The molecule has 3 N–H and O–H groups in total. The first-order chi connectivity index (χ1) is 8.43. The van der Waals surface area contributed by atoms with E-state index in [1.807, 2.05) is 20.8 Å². The summed E-state index contributed by atoms with van der Waals surface area (Å²) in [6.45, 7) is 9.18. The average molecular weight is 256 g/mol. The highest BCUT2D eigenvalue weighted by Gasteiger charge is 2.28. The molecule has 0 spiro atoms. The molecule has 1 aliphatic rings. The number of nitrogens with two attached hydrogens (primary N) is 1. The molecule has 0 saturated carbocycles. The molecule has 1 atom stereocenters. The van der Waals surface area contributed by atoms with Gasteiger partial charge in [-0.2, -0.15) is 0 Å². The van der Waals surface area contributed by atoms with Gasteiger partial charge in [0, 0.05) is 32.2 Å². The van der Waals surface area contributed by atoms with E-state index >= 15 is 0 Å². The van der Waals surface area contributed by atoms with Crippen LogP contribution < -0.4 is 11.1 Å². The van der Waals surface area contributed by atoms with Gasteiger partial charge in [-0.15, -0.1) is 0 Å². The summed E-state index contributed by atoms with van der Waals surface area (Å²) in [6, 6.07) is -0.218. The van der Waals surface area contributed by atoms with Gasteiger partial charge < -0.3 is 16.0 Å². The molecule has 6 heteroatoms. The monoisotopic (exact) mass is 256 g/mol. The van der Waals surface area contributed by atoms with E-state index in [0.717, 1.165) is 26.2 Å². The van der Waals surface area contributed by atoms with Crippen LogP contribution in [0.25, 0.3) is 0 Å². The molecule has 0 bridgehead atoms. The summed E-state index contributed by atoms with van der Waals surface area (Å²) in [5, 5.41) is 3.25. The van der Waals surface area contributed by atoms with Crippen LogP contribution in [-0.4, -0.2) is 66.4 Å².